The Balaban J connectivity index is 1.60. The smallest absolute Gasteiger partial charge is 0.237 e. The van der Waals surface area contributed by atoms with E-state index in [9.17, 15) is 9.18 Å². The van der Waals surface area contributed by atoms with Crippen LogP contribution in [0.25, 0.3) is 0 Å². The molecule has 0 N–H and O–H groups in total. The number of halogens is 1. The van der Waals surface area contributed by atoms with E-state index in [0.717, 1.165) is 24.9 Å². The first kappa shape index (κ1) is 17.4. The van der Waals surface area contributed by atoms with Gasteiger partial charge in [0.1, 0.15) is 5.82 Å². The highest BCUT2D eigenvalue weighted by atomic mass is 19.1. The molecule has 5 heteroatoms. The van der Waals surface area contributed by atoms with E-state index in [-0.39, 0.29) is 17.8 Å². The third kappa shape index (κ3) is 3.95. The van der Waals surface area contributed by atoms with Crippen molar-refractivity contribution in [2.75, 3.05) is 26.2 Å². The van der Waals surface area contributed by atoms with Crippen LogP contribution in [0, 0.1) is 5.82 Å². The van der Waals surface area contributed by atoms with Gasteiger partial charge in [0.05, 0.1) is 19.3 Å². The van der Waals surface area contributed by atoms with Crippen molar-refractivity contribution in [3.63, 3.8) is 0 Å². The molecule has 2 aliphatic rings. The Bertz CT molecular complexity index is 553. The lowest BCUT2D eigenvalue weighted by atomic mass is 9.97. The summed E-state index contributed by atoms with van der Waals surface area (Å²) in [7, 11) is 0. The van der Waals surface area contributed by atoms with E-state index in [4.69, 9.17) is 4.74 Å². The normalized spacial score (nSPS) is 28.8. The van der Waals surface area contributed by atoms with Crippen molar-refractivity contribution in [3.05, 3.63) is 35.6 Å². The maximum Gasteiger partial charge on any atom is 0.237 e. The third-order valence-corrected chi connectivity index (χ3v) is 5.23. The zero-order chi connectivity index (χ0) is 17.1. The Hall–Kier alpha value is -1.46. The topological polar surface area (TPSA) is 32.8 Å². The molecule has 0 radical (unpaired) electrons. The van der Waals surface area contributed by atoms with Gasteiger partial charge in [0.2, 0.25) is 5.91 Å². The largest absolute Gasteiger partial charge is 0.371 e. The second-order valence-corrected chi connectivity index (χ2v) is 7.08. The van der Waals surface area contributed by atoms with E-state index in [0.29, 0.717) is 31.8 Å². The molecule has 0 spiro atoms. The summed E-state index contributed by atoms with van der Waals surface area (Å²) in [5.74, 6) is -0.0240. The average Bonchev–Trinajstić information content (AvgIpc) is 2.55. The minimum absolute atomic E-state index is 0.0941. The van der Waals surface area contributed by atoms with Crippen LogP contribution in [0.15, 0.2) is 24.3 Å². The van der Waals surface area contributed by atoms with Crippen molar-refractivity contribution in [3.8, 4) is 0 Å². The van der Waals surface area contributed by atoms with Crippen molar-refractivity contribution >= 4 is 5.91 Å². The number of benzene rings is 1. The van der Waals surface area contributed by atoms with Crippen LogP contribution in [0.1, 0.15) is 44.8 Å². The summed E-state index contributed by atoms with van der Waals surface area (Å²) in [6.07, 6.45) is 3.30. The number of nitrogens with zero attached hydrogens (tertiary/aromatic N) is 2. The number of amides is 1. The van der Waals surface area contributed by atoms with Gasteiger partial charge < -0.3 is 9.64 Å². The zero-order valence-electron chi connectivity index (χ0n) is 14.6. The summed E-state index contributed by atoms with van der Waals surface area (Å²) in [5.41, 5.74) is 0.966. The summed E-state index contributed by atoms with van der Waals surface area (Å²) in [6.45, 7) is 6.77. The van der Waals surface area contributed by atoms with Crippen LogP contribution in [-0.4, -0.2) is 54.0 Å². The van der Waals surface area contributed by atoms with Crippen molar-refractivity contribution in [2.24, 2.45) is 0 Å². The third-order valence-electron chi connectivity index (χ3n) is 5.23. The van der Waals surface area contributed by atoms with Crippen molar-refractivity contribution < 1.29 is 13.9 Å². The van der Waals surface area contributed by atoms with Crippen molar-refractivity contribution in [1.82, 2.24) is 9.80 Å². The van der Waals surface area contributed by atoms with E-state index in [1.54, 1.807) is 12.1 Å². The van der Waals surface area contributed by atoms with Gasteiger partial charge in [-0.1, -0.05) is 12.1 Å². The van der Waals surface area contributed by atoms with E-state index in [1.807, 2.05) is 0 Å². The van der Waals surface area contributed by atoms with Gasteiger partial charge >= 0.3 is 0 Å². The van der Waals surface area contributed by atoms with Crippen LogP contribution in [0.2, 0.25) is 0 Å². The first-order valence-corrected chi connectivity index (χ1v) is 8.95. The molecule has 1 amide bonds. The molecule has 2 fully saturated rings. The molecule has 2 saturated heterocycles. The van der Waals surface area contributed by atoms with Gasteiger partial charge in [-0.3, -0.25) is 9.69 Å². The highest BCUT2D eigenvalue weighted by Crippen LogP contribution is 2.25. The molecule has 3 atom stereocenters. The van der Waals surface area contributed by atoms with E-state index in [1.165, 1.54) is 18.6 Å². The molecule has 132 valence electrons. The van der Waals surface area contributed by atoms with Crippen molar-refractivity contribution in [1.29, 1.82) is 0 Å². The number of carbonyl (C=O) groups is 1. The quantitative estimate of drug-likeness (QED) is 0.852. The summed E-state index contributed by atoms with van der Waals surface area (Å²) in [6, 6.07) is 7.10. The Morgan fingerprint density at radius 1 is 1.21 bits per heavy atom. The molecule has 0 aliphatic carbocycles. The fraction of sp³-hybridized carbons (Fsp3) is 0.632. The highest BCUT2D eigenvalue weighted by molar-refractivity contribution is 5.79. The maximum atomic E-state index is 13.1. The van der Waals surface area contributed by atoms with Gasteiger partial charge in [-0.15, -0.1) is 0 Å². The zero-order valence-corrected chi connectivity index (χ0v) is 14.6. The van der Waals surface area contributed by atoms with Crippen molar-refractivity contribution in [2.45, 2.75) is 51.3 Å². The number of ether oxygens (including phenoxy) is 1. The van der Waals surface area contributed by atoms with Gasteiger partial charge in [0, 0.05) is 25.2 Å². The van der Waals surface area contributed by atoms with Crippen LogP contribution in [-0.2, 0) is 9.53 Å². The molecule has 0 bridgehead atoms. The Labute approximate surface area is 143 Å². The Kier molecular flexibility index (Phi) is 5.51. The molecule has 3 unspecified atom stereocenters. The molecule has 0 saturated carbocycles. The molecule has 4 nitrogen and oxygen atoms in total. The molecule has 1 aromatic carbocycles. The Morgan fingerprint density at radius 3 is 2.54 bits per heavy atom. The molecule has 0 aromatic heterocycles. The lowest BCUT2D eigenvalue weighted by molar-refractivity contribution is -0.140. The number of piperidine rings is 1. The van der Waals surface area contributed by atoms with Gasteiger partial charge in [0.15, 0.2) is 0 Å². The minimum atomic E-state index is -0.241. The SMILES string of the molecule is CC1CCCC(C)N1C(=O)CN1CCOC(c2ccc(F)cc2)C1. The van der Waals surface area contributed by atoms with Crippen LogP contribution in [0.4, 0.5) is 4.39 Å². The number of rotatable bonds is 3. The average molecular weight is 334 g/mol. The molecular weight excluding hydrogens is 307 g/mol. The Morgan fingerprint density at radius 2 is 1.88 bits per heavy atom. The van der Waals surface area contributed by atoms with Gasteiger partial charge in [-0.2, -0.15) is 0 Å². The number of carbonyl (C=O) groups excluding carboxylic acids is 1. The molecule has 3 rings (SSSR count). The molecule has 24 heavy (non-hydrogen) atoms. The fourth-order valence-corrected chi connectivity index (χ4v) is 3.91. The van der Waals surface area contributed by atoms with E-state index in [2.05, 4.69) is 23.6 Å². The van der Waals surface area contributed by atoms with Crippen LogP contribution < -0.4 is 0 Å². The second-order valence-electron chi connectivity index (χ2n) is 7.08. The first-order chi connectivity index (χ1) is 11.5. The summed E-state index contributed by atoms with van der Waals surface area (Å²) < 4.78 is 18.9. The number of likely N-dealkylation sites (tertiary alicyclic amines) is 1. The number of hydrogen-bond donors (Lipinski definition) is 0. The highest BCUT2D eigenvalue weighted by Gasteiger charge is 2.31. The van der Waals surface area contributed by atoms with Gasteiger partial charge in [0.25, 0.3) is 0 Å². The molecule has 1 aromatic rings. The maximum absolute atomic E-state index is 13.1. The predicted octanol–water partition coefficient (Wildman–Crippen LogP) is 2.99. The van der Waals surface area contributed by atoms with Gasteiger partial charge in [-0.05, 0) is 50.8 Å². The first-order valence-electron chi connectivity index (χ1n) is 8.95. The van der Waals surface area contributed by atoms with Crippen LogP contribution in [0.5, 0.6) is 0 Å². The van der Waals surface area contributed by atoms with Crippen LogP contribution in [0.3, 0.4) is 0 Å². The predicted molar refractivity (Wildman–Crippen MR) is 91.2 cm³/mol. The number of hydrogen-bond acceptors (Lipinski definition) is 3. The summed E-state index contributed by atoms with van der Waals surface area (Å²) in [4.78, 5) is 17.0. The molecule has 2 aliphatic heterocycles. The molecular formula is C19H27FN2O2. The fourth-order valence-electron chi connectivity index (χ4n) is 3.91. The lowest BCUT2D eigenvalue weighted by Crippen LogP contribution is -2.52. The van der Waals surface area contributed by atoms with E-state index >= 15 is 0 Å². The lowest BCUT2D eigenvalue weighted by Gasteiger charge is -2.41. The monoisotopic (exact) mass is 334 g/mol. The summed E-state index contributed by atoms with van der Waals surface area (Å²) in [5, 5.41) is 0. The van der Waals surface area contributed by atoms with Crippen LogP contribution >= 0.6 is 0 Å². The second kappa shape index (κ2) is 7.62. The standard InChI is InChI=1S/C19H27FN2O2/c1-14-4-3-5-15(2)22(14)19(23)13-21-10-11-24-18(12-21)16-6-8-17(20)9-7-16/h6-9,14-15,18H,3-5,10-13H2,1-2H3. The minimum Gasteiger partial charge on any atom is -0.371 e. The van der Waals surface area contributed by atoms with E-state index < -0.39 is 0 Å². The number of morpholine rings is 1. The molecule has 2 heterocycles. The summed E-state index contributed by atoms with van der Waals surface area (Å²) >= 11 is 0. The van der Waals surface area contributed by atoms with Gasteiger partial charge in [-0.25, -0.2) is 4.39 Å².